The molecular weight excluding hydrogens is 276 g/mol. The van der Waals surface area contributed by atoms with Gasteiger partial charge in [-0.25, -0.2) is 4.79 Å². The SMILES string of the molecule is O=c1cc(O)n(CCCC2CO2)c(=O)n1CCCC1CO1. The van der Waals surface area contributed by atoms with Gasteiger partial charge in [-0.3, -0.25) is 13.9 Å². The molecule has 0 radical (unpaired) electrons. The summed E-state index contributed by atoms with van der Waals surface area (Å²) in [6.45, 7) is 2.32. The normalized spacial score (nSPS) is 23.2. The van der Waals surface area contributed by atoms with Crippen molar-refractivity contribution in [3.05, 3.63) is 26.9 Å². The quantitative estimate of drug-likeness (QED) is 0.686. The lowest BCUT2D eigenvalue weighted by Gasteiger charge is -2.11. The number of ether oxygens (including phenoxy) is 2. The molecule has 3 rings (SSSR count). The number of hydrogen-bond acceptors (Lipinski definition) is 5. The molecule has 0 saturated carbocycles. The summed E-state index contributed by atoms with van der Waals surface area (Å²) >= 11 is 0. The van der Waals surface area contributed by atoms with Gasteiger partial charge in [-0.2, -0.15) is 0 Å². The van der Waals surface area contributed by atoms with E-state index in [2.05, 4.69) is 0 Å². The fraction of sp³-hybridized carbons (Fsp3) is 0.714. The third kappa shape index (κ3) is 3.74. The van der Waals surface area contributed by atoms with Crippen LogP contribution in [-0.2, 0) is 22.6 Å². The zero-order chi connectivity index (χ0) is 14.8. The summed E-state index contributed by atoms with van der Waals surface area (Å²) in [5.41, 5.74) is -0.885. The van der Waals surface area contributed by atoms with Crippen LogP contribution >= 0.6 is 0 Å². The third-order valence-electron chi connectivity index (χ3n) is 3.88. The molecule has 2 unspecified atom stereocenters. The summed E-state index contributed by atoms with van der Waals surface area (Å²) in [5, 5.41) is 9.80. The Bertz CT molecular complexity index is 613. The van der Waals surface area contributed by atoms with Crippen LogP contribution in [0.25, 0.3) is 0 Å². The van der Waals surface area contributed by atoms with Crippen LogP contribution in [0.4, 0.5) is 0 Å². The Balaban J connectivity index is 1.67. The van der Waals surface area contributed by atoms with Gasteiger partial charge >= 0.3 is 5.69 Å². The van der Waals surface area contributed by atoms with Crippen molar-refractivity contribution in [2.45, 2.75) is 51.0 Å². The number of epoxide rings is 2. The van der Waals surface area contributed by atoms with Crippen LogP contribution in [0.3, 0.4) is 0 Å². The predicted octanol–water partition coefficient (Wildman–Crippen LogP) is 0.0736. The van der Waals surface area contributed by atoms with Crippen molar-refractivity contribution in [1.29, 1.82) is 0 Å². The highest BCUT2D eigenvalue weighted by Gasteiger charge is 2.23. The summed E-state index contributed by atoms with van der Waals surface area (Å²) in [7, 11) is 0. The van der Waals surface area contributed by atoms with Gasteiger partial charge in [0.15, 0.2) is 0 Å². The Kier molecular flexibility index (Phi) is 4.12. The largest absolute Gasteiger partial charge is 0.494 e. The molecule has 0 spiro atoms. The average Bonchev–Trinajstić information content (AvgIpc) is 3.32. The molecule has 0 bridgehead atoms. The highest BCUT2D eigenvalue weighted by molar-refractivity contribution is 5.07. The summed E-state index contributed by atoms with van der Waals surface area (Å²) in [6.07, 6.45) is 3.77. The van der Waals surface area contributed by atoms with Crippen LogP contribution in [0.5, 0.6) is 5.88 Å². The molecule has 1 N–H and O–H groups in total. The van der Waals surface area contributed by atoms with E-state index in [1.54, 1.807) is 0 Å². The van der Waals surface area contributed by atoms with Gasteiger partial charge in [-0.05, 0) is 25.7 Å². The number of hydrogen-bond donors (Lipinski definition) is 1. The Morgan fingerprint density at radius 2 is 1.57 bits per heavy atom. The Morgan fingerprint density at radius 1 is 1.05 bits per heavy atom. The maximum Gasteiger partial charge on any atom is 0.333 e. The second-order valence-corrected chi connectivity index (χ2v) is 5.62. The Labute approximate surface area is 121 Å². The molecule has 7 nitrogen and oxygen atoms in total. The number of aromatic nitrogens is 2. The first kappa shape index (κ1) is 14.3. The zero-order valence-electron chi connectivity index (χ0n) is 11.9. The number of nitrogens with zero attached hydrogens (tertiary/aromatic N) is 2. The lowest BCUT2D eigenvalue weighted by atomic mass is 10.2. The van der Waals surface area contributed by atoms with Crippen molar-refractivity contribution in [3.8, 4) is 5.88 Å². The fourth-order valence-electron chi connectivity index (χ4n) is 2.44. The molecular formula is C14H20N2O5. The van der Waals surface area contributed by atoms with E-state index in [0.717, 1.165) is 45.0 Å². The molecule has 2 atom stereocenters. The molecule has 3 heterocycles. The van der Waals surface area contributed by atoms with E-state index >= 15 is 0 Å². The fourth-order valence-corrected chi connectivity index (χ4v) is 2.44. The van der Waals surface area contributed by atoms with Crippen LogP contribution in [0.1, 0.15) is 25.7 Å². The van der Waals surface area contributed by atoms with Gasteiger partial charge in [-0.15, -0.1) is 0 Å². The minimum absolute atomic E-state index is 0.261. The molecule has 1 aromatic heterocycles. The van der Waals surface area contributed by atoms with E-state index < -0.39 is 11.2 Å². The average molecular weight is 296 g/mol. The Morgan fingerprint density at radius 3 is 2.10 bits per heavy atom. The van der Waals surface area contributed by atoms with Gasteiger partial charge < -0.3 is 14.6 Å². The van der Waals surface area contributed by atoms with Crippen molar-refractivity contribution < 1.29 is 14.6 Å². The number of rotatable bonds is 8. The second-order valence-electron chi connectivity index (χ2n) is 5.62. The van der Waals surface area contributed by atoms with E-state index in [4.69, 9.17) is 9.47 Å². The molecule has 1 aromatic rings. The van der Waals surface area contributed by atoms with Crippen LogP contribution in [0.15, 0.2) is 15.7 Å². The summed E-state index contributed by atoms with van der Waals surface area (Å²) in [6, 6.07) is 1.11. The minimum atomic E-state index is -0.448. The van der Waals surface area contributed by atoms with E-state index in [-0.39, 0.29) is 5.88 Å². The lowest BCUT2D eigenvalue weighted by Crippen LogP contribution is -2.39. The van der Waals surface area contributed by atoms with Crippen LogP contribution < -0.4 is 11.2 Å². The molecule has 2 aliphatic rings. The van der Waals surface area contributed by atoms with Gasteiger partial charge in [0.25, 0.3) is 5.56 Å². The molecule has 116 valence electrons. The van der Waals surface area contributed by atoms with Crippen molar-refractivity contribution in [3.63, 3.8) is 0 Å². The van der Waals surface area contributed by atoms with E-state index in [1.165, 1.54) is 9.13 Å². The summed E-state index contributed by atoms with van der Waals surface area (Å²) < 4.78 is 12.7. The molecule has 2 aliphatic heterocycles. The molecule has 2 saturated heterocycles. The number of aromatic hydroxyl groups is 1. The maximum absolute atomic E-state index is 12.3. The van der Waals surface area contributed by atoms with E-state index in [0.29, 0.717) is 25.3 Å². The van der Waals surface area contributed by atoms with Crippen molar-refractivity contribution >= 4 is 0 Å². The maximum atomic E-state index is 12.3. The monoisotopic (exact) mass is 296 g/mol. The second kappa shape index (κ2) is 6.03. The smallest absolute Gasteiger partial charge is 0.333 e. The van der Waals surface area contributed by atoms with Gasteiger partial charge in [0, 0.05) is 13.1 Å². The summed E-state index contributed by atoms with van der Waals surface area (Å²) in [5.74, 6) is -0.261. The van der Waals surface area contributed by atoms with Gasteiger partial charge in [-0.1, -0.05) is 0 Å². The van der Waals surface area contributed by atoms with E-state index in [1.807, 2.05) is 0 Å². The molecule has 2 fully saturated rings. The first-order valence-electron chi connectivity index (χ1n) is 7.42. The minimum Gasteiger partial charge on any atom is -0.494 e. The summed E-state index contributed by atoms with van der Waals surface area (Å²) in [4.78, 5) is 24.1. The highest BCUT2D eigenvalue weighted by atomic mass is 16.6. The molecule has 0 aliphatic carbocycles. The van der Waals surface area contributed by atoms with Crippen LogP contribution in [-0.4, -0.2) is 39.7 Å². The molecule has 0 aromatic carbocycles. The van der Waals surface area contributed by atoms with Crippen molar-refractivity contribution in [2.24, 2.45) is 0 Å². The molecule has 21 heavy (non-hydrogen) atoms. The topological polar surface area (TPSA) is 89.3 Å². The van der Waals surface area contributed by atoms with Gasteiger partial charge in [0.05, 0.1) is 31.5 Å². The molecule has 0 amide bonds. The van der Waals surface area contributed by atoms with Gasteiger partial charge in [0.2, 0.25) is 5.88 Å². The van der Waals surface area contributed by atoms with Gasteiger partial charge in [0.1, 0.15) is 0 Å². The third-order valence-corrected chi connectivity index (χ3v) is 3.88. The highest BCUT2D eigenvalue weighted by Crippen LogP contribution is 2.17. The standard InChI is InChI=1S/C14H20N2O5/c17-12-7-13(18)16(6-2-4-11-9-21-11)14(19)15(12)5-1-3-10-8-20-10/h7,10-11,17H,1-6,8-9H2. The van der Waals surface area contributed by atoms with Crippen LogP contribution in [0, 0.1) is 0 Å². The van der Waals surface area contributed by atoms with Crippen molar-refractivity contribution in [1.82, 2.24) is 9.13 Å². The lowest BCUT2D eigenvalue weighted by molar-refractivity contribution is 0.357. The molecule has 7 heteroatoms. The zero-order valence-corrected chi connectivity index (χ0v) is 11.9. The van der Waals surface area contributed by atoms with Crippen LogP contribution in [0.2, 0.25) is 0 Å². The van der Waals surface area contributed by atoms with E-state index in [9.17, 15) is 14.7 Å². The first-order valence-corrected chi connectivity index (χ1v) is 7.42. The van der Waals surface area contributed by atoms with Crippen molar-refractivity contribution in [2.75, 3.05) is 13.2 Å². The predicted molar refractivity (Wildman–Crippen MR) is 74.6 cm³/mol. The first-order chi connectivity index (χ1) is 10.1. The Hall–Kier alpha value is -1.60.